The normalized spacial score (nSPS) is 22.2. The van der Waals surface area contributed by atoms with Crippen LogP contribution < -0.4 is 10.6 Å². The van der Waals surface area contributed by atoms with E-state index in [0.717, 1.165) is 6.07 Å². The number of carbonyl (C=O) groups excluding carboxylic acids is 1. The molecule has 0 spiro atoms. The highest BCUT2D eigenvalue weighted by Gasteiger charge is 2.61. The first-order valence-corrected chi connectivity index (χ1v) is 13.8. The van der Waals surface area contributed by atoms with Crippen LogP contribution in [0, 0.1) is 28.4 Å². The van der Waals surface area contributed by atoms with Gasteiger partial charge in [0.05, 0.1) is 11.1 Å². The van der Waals surface area contributed by atoms with Gasteiger partial charge in [-0.05, 0) is 54.2 Å². The van der Waals surface area contributed by atoms with Crippen molar-refractivity contribution < 1.29 is 23.5 Å². The van der Waals surface area contributed by atoms with Crippen LogP contribution in [-0.2, 0) is 10.2 Å². The number of carboxylic acid groups (broad SMARTS) is 1. The molecule has 1 aliphatic rings. The highest BCUT2D eigenvalue weighted by Crippen LogP contribution is 2.53. The third-order valence-corrected chi connectivity index (χ3v) is 8.31. The molecule has 0 radical (unpaired) electrons. The third-order valence-electron chi connectivity index (χ3n) is 7.78. The van der Waals surface area contributed by atoms with E-state index in [9.17, 15) is 20.0 Å². The highest BCUT2D eigenvalue weighted by molar-refractivity contribution is 6.31. The molecule has 4 atom stereocenters. The van der Waals surface area contributed by atoms with Crippen LogP contribution >= 0.6 is 23.2 Å². The summed E-state index contributed by atoms with van der Waals surface area (Å²) in [6, 6.07) is 16.6. The van der Waals surface area contributed by atoms with Crippen LogP contribution in [0.5, 0.6) is 0 Å². The molecule has 3 N–H and O–H groups in total. The Morgan fingerprint density at radius 1 is 1.10 bits per heavy atom. The van der Waals surface area contributed by atoms with E-state index in [1.54, 1.807) is 24.3 Å². The maximum absolute atomic E-state index is 15.6. The zero-order valence-corrected chi connectivity index (χ0v) is 23.9. The molecular weight excluding hydrogens is 571 g/mol. The first-order chi connectivity index (χ1) is 19.4. The zero-order chi connectivity index (χ0) is 29.9. The summed E-state index contributed by atoms with van der Waals surface area (Å²) in [6.07, 6.45) is 0.661. The smallest absolute Gasteiger partial charge is 0.321 e. The molecule has 1 fully saturated rings. The van der Waals surface area contributed by atoms with Crippen molar-refractivity contribution in [2.75, 3.05) is 6.54 Å². The van der Waals surface area contributed by atoms with Crippen LogP contribution in [0.4, 0.5) is 8.78 Å². The van der Waals surface area contributed by atoms with E-state index in [1.807, 2.05) is 19.9 Å². The largest absolute Gasteiger partial charge is 0.480 e. The first-order valence-electron chi connectivity index (χ1n) is 13.0. The standard InChI is InChI=1S/C31H29Cl2F2N3O3/c1-30(2,13-14-37-28(39)18-7-4-3-5-8-18)16-24-31(17-36,21-12-11-19(32)15-23(21)34)25(27(38-24)29(40)41)20-9-6-10-22(33)26(20)35/h3-12,15,24-25,27,38H,13-14,16H2,1-2H3,(H,37,39)(H,40,41). The summed E-state index contributed by atoms with van der Waals surface area (Å²) in [5, 5.41) is 26.8. The van der Waals surface area contributed by atoms with Crippen molar-refractivity contribution in [2.24, 2.45) is 5.41 Å². The molecule has 0 bridgehead atoms. The molecule has 10 heteroatoms. The van der Waals surface area contributed by atoms with E-state index in [-0.39, 0.29) is 33.5 Å². The molecule has 0 aliphatic carbocycles. The van der Waals surface area contributed by atoms with Crippen molar-refractivity contribution in [3.05, 3.63) is 105 Å². The monoisotopic (exact) mass is 599 g/mol. The summed E-state index contributed by atoms with van der Waals surface area (Å²) in [6.45, 7) is 4.12. The average molecular weight is 600 g/mol. The maximum Gasteiger partial charge on any atom is 0.321 e. The van der Waals surface area contributed by atoms with Gasteiger partial charge in [-0.15, -0.1) is 0 Å². The lowest BCUT2D eigenvalue weighted by Gasteiger charge is -2.38. The number of nitrogens with one attached hydrogen (secondary N) is 2. The second-order valence-electron chi connectivity index (χ2n) is 11.0. The fraction of sp³-hybridized carbons (Fsp3) is 0.323. The molecule has 214 valence electrons. The lowest BCUT2D eigenvalue weighted by molar-refractivity contribution is -0.139. The number of amides is 1. The molecule has 0 aromatic heterocycles. The molecule has 1 heterocycles. The highest BCUT2D eigenvalue weighted by atomic mass is 35.5. The van der Waals surface area contributed by atoms with Crippen molar-refractivity contribution >= 4 is 35.1 Å². The van der Waals surface area contributed by atoms with Gasteiger partial charge in [0.25, 0.3) is 5.91 Å². The van der Waals surface area contributed by atoms with Gasteiger partial charge in [-0.1, -0.05) is 73.4 Å². The molecule has 4 rings (SSSR count). The predicted molar refractivity (Wildman–Crippen MR) is 153 cm³/mol. The second-order valence-corrected chi connectivity index (χ2v) is 11.8. The number of hydrogen-bond donors (Lipinski definition) is 3. The number of halogens is 4. The third kappa shape index (κ3) is 6.08. The van der Waals surface area contributed by atoms with Gasteiger partial charge >= 0.3 is 5.97 Å². The van der Waals surface area contributed by atoms with Crippen LogP contribution in [0.15, 0.2) is 66.7 Å². The van der Waals surface area contributed by atoms with Crippen molar-refractivity contribution in [3.8, 4) is 6.07 Å². The molecule has 6 nitrogen and oxygen atoms in total. The minimum Gasteiger partial charge on any atom is -0.480 e. The molecular formula is C31H29Cl2F2N3O3. The van der Waals surface area contributed by atoms with Gasteiger partial charge in [-0.3, -0.25) is 14.9 Å². The molecule has 1 amide bonds. The fourth-order valence-corrected chi connectivity index (χ4v) is 6.13. The van der Waals surface area contributed by atoms with Crippen molar-refractivity contribution in [1.29, 1.82) is 5.26 Å². The number of carbonyl (C=O) groups is 2. The molecule has 3 aromatic carbocycles. The average Bonchev–Trinajstić information content (AvgIpc) is 3.24. The maximum atomic E-state index is 15.6. The van der Waals surface area contributed by atoms with Gasteiger partial charge in [0.2, 0.25) is 0 Å². The Labute approximate surface area is 247 Å². The van der Waals surface area contributed by atoms with Crippen LogP contribution in [0.25, 0.3) is 0 Å². The SMILES string of the molecule is CC(C)(CCNC(=O)c1ccccc1)CC1NC(C(=O)O)C(c2cccc(Cl)c2F)C1(C#N)c1ccc(Cl)cc1F. The second kappa shape index (κ2) is 12.2. The van der Waals surface area contributed by atoms with Crippen LogP contribution in [-0.4, -0.2) is 35.6 Å². The Balaban J connectivity index is 1.74. The summed E-state index contributed by atoms with van der Waals surface area (Å²) >= 11 is 12.1. The number of nitriles is 1. The minimum absolute atomic E-state index is 0.0941. The lowest BCUT2D eigenvalue weighted by Crippen LogP contribution is -2.45. The quantitative estimate of drug-likeness (QED) is 0.261. The predicted octanol–water partition coefficient (Wildman–Crippen LogP) is 6.48. The van der Waals surface area contributed by atoms with Crippen molar-refractivity contribution in [1.82, 2.24) is 10.6 Å². The lowest BCUT2D eigenvalue weighted by atomic mass is 9.62. The van der Waals surface area contributed by atoms with Crippen molar-refractivity contribution in [2.45, 2.75) is 50.1 Å². The summed E-state index contributed by atoms with van der Waals surface area (Å²) in [5.74, 6) is -4.57. The van der Waals surface area contributed by atoms with Gasteiger partial charge in [0.15, 0.2) is 0 Å². The van der Waals surface area contributed by atoms with Gasteiger partial charge in [0, 0.05) is 34.7 Å². The minimum atomic E-state index is -1.85. The van der Waals surface area contributed by atoms with Crippen molar-refractivity contribution in [3.63, 3.8) is 0 Å². The summed E-state index contributed by atoms with van der Waals surface area (Å²) in [5.41, 5.74) is -2.11. The summed E-state index contributed by atoms with van der Waals surface area (Å²) < 4.78 is 31.1. The fourth-order valence-electron chi connectivity index (χ4n) is 5.79. The van der Waals surface area contributed by atoms with Gasteiger partial charge in [-0.25, -0.2) is 8.78 Å². The number of aliphatic carboxylic acids is 1. The van der Waals surface area contributed by atoms with E-state index in [1.165, 1.54) is 30.3 Å². The molecule has 3 aromatic rings. The summed E-state index contributed by atoms with van der Waals surface area (Å²) in [4.78, 5) is 25.1. The van der Waals surface area contributed by atoms with E-state index in [4.69, 9.17) is 23.2 Å². The summed E-state index contributed by atoms with van der Waals surface area (Å²) in [7, 11) is 0. The molecule has 0 saturated carbocycles. The Morgan fingerprint density at radius 2 is 1.80 bits per heavy atom. The number of nitrogens with zero attached hydrogens (tertiary/aromatic N) is 1. The molecule has 41 heavy (non-hydrogen) atoms. The van der Waals surface area contributed by atoms with Gasteiger partial charge in [0.1, 0.15) is 23.1 Å². The van der Waals surface area contributed by atoms with E-state index in [2.05, 4.69) is 16.7 Å². The molecule has 4 unspecified atom stereocenters. The Morgan fingerprint density at radius 3 is 2.44 bits per heavy atom. The van der Waals surface area contributed by atoms with Crippen LogP contribution in [0.3, 0.4) is 0 Å². The Kier molecular flexibility index (Phi) is 9.03. The Hall–Kier alpha value is -3.51. The van der Waals surface area contributed by atoms with Gasteiger partial charge in [-0.2, -0.15) is 5.26 Å². The number of benzene rings is 3. The van der Waals surface area contributed by atoms with E-state index in [0.29, 0.717) is 18.5 Å². The van der Waals surface area contributed by atoms with E-state index < -0.39 is 46.4 Å². The van der Waals surface area contributed by atoms with Crippen LogP contribution in [0.1, 0.15) is 54.1 Å². The number of hydrogen-bond acceptors (Lipinski definition) is 4. The zero-order valence-electron chi connectivity index (χ0n) is 22.4. The molecule has 1 saturated heterocycles. The first kappa shape index (κ1) is 30.4. The van der Waals surface area contributed by atoms with E-state index >= 15 is 8.78 Å². The number of carboxylic acids is 1. The van der Waals surface area contributed by atoms with Gasteiger partial charge < -0.3 is 10.4 Å². The van der Waals surface area contributed by atoms with Crippen LogP contribution in [0.2, 0.25) is 10.0 Å². The number of rotatable bonds is 9. The Bertz CT molecular complexity index is 1500. The topological polar surface area (TPSA) is 102 Å². The molecule has 1 aliphatic heterocycles.